The summed E-state index contributed by atoms with van der Waals surface area (Å²) >= 11 is 5.90. The first-order chi connectivity index (χ1) is 9.04. The molecule has 0 bridgehead atoms. The van der Waals surface area contributed by atoms with Crippen LogP contribution in [0.25, 0.3) is 0 Å². The van der Waals surface area contributed by atoms with Crippen molar-refractivity contribution < 1.29 is 4.79 Å². The van der Waals surface area contributed by atoms with Crippen molar-refractivity contribution in [3.05, 3.63) is 34.9 Å². The van der Waals surface area contributed by atoms with E-state index in [4.69, 9.17) is 11.6 Å². The molecule has 19 heavy (non-hydrogen) atoms. The second-order valence-corrected chi connectivity index (χ2v) is 5.38. The molecular formula is C15H23ClN2O. The molecule has 1 aromatic carbocycles. The molecule has 4 heteroatoms. The van der Waals surface area contributed by atoms with Crippen LogP contribution < -0.4 is 5.32 Å². The zero-order chi connectivity index (χ0) is 14.3. The van der Waals surface area contributed by atoms with Gasteiger partial charge in [0.25, 0.3) is 0 Å². The minimum Gasteiger partial charge on any atom is -0.354 e. The van der Waals surface area contributed by atoms with Crippen LogP contribution in [0.5, 0.6) is 0 Å². The molecule has 0 aromatic heterocycles. The lowest BCUT2D eigenvalue weighted by Crippen LogP contribution is -2.34. The molecule has 1 amide bonds. The minimum absolute atomic E-state index is 0.127. The van der Waals surface area contributed by atoms with Gasteiger partial charge in [-0.15, -0.1) is 0 Å². The Morgan fingerprint density at radius 3 is 2.47 bits per heavy atom. The molecule has 0 aliphatic carbocycles. The summed E-state index contributed by atoms with van der Waals surface area (Å²) < 4.78 is 0. The molecule has 3 nitrogen and oxygen atoms in total. The first-order valence-corrected chi connectivity index (χ1v) is 7.11. The van der Waals surface area contributed by atoms with Crippen molar-refractivity contribution in [3.8, 4) is 0 Å². The van der Waals surface area contributed by atoms with E-state index >= 15 is 0 Å². The van der Waals surface area contributed by atoms with Gasteiger partial charge >= 0.3 is 0 Å². The van der Waals surface area contributed by atoms with Crippen LogP contribution in [0.1, 0.15) is 37.8 Å². The first-order valence-electron chi connectivity index (χ1n) is 6.73. The average Bonchev–Trinajstić information content (AvgIpc) is 2.38. The highest BCUT2D eigenvalue weighted by Gasteiger charge is 2.14. The van der Waals surface area contributed by atoms with E-state index in [2.05, 4.69) is 17.1 Å². The molecule has 1 N–H and O–H groups in total. The molecule has 1 rings (SSSR count). The molecule has 106 valence electrons. The third-order valence-corrected chi connectivity index (χ3v) is 3.38. The largest absolute Gasteiger partial charge is 0.354 e. The van der Waals surface area contributed by atoms with E-state index in [1.165, 1.54) is 0 Å². The lowest BCUT2D eigenvalue weighted by molar-refractivity contribution is -0.121. The molecule has 0 aliphatic rings. The summed E-state index contributed by atoms with van der Waals surface area (Å²) in [4.78, 5) is 13.8. The van der Waals surface area contributed by atoms with Gasteiger partial charge in [-0.05, 0) is 38.2 Å². The maximum atomic E-state index is 11.7. The zero-order valence-corrected chi connectivity index (χ0v) is 12.7. The lowest BCUT2D eigenvalue weighted by Gasteiger charge is -2.25. The number of carbonyl (C=O) groups excluding carboxylic acids is 1. The quantitative estimate of drug-likeness (QED) is 0.833. The van der Waals surface area contributed by atoms with Gasteiger partial charge < -0.3 is 10.2 Å². The smallest absolute Gasteiger partial charge is 0.220 e. The maximum Gasteiger partial charge on any atom is 0.220 e. The van der Waals surface area contributed by atoms with E-state index in [-0.39, 0.29) is 11.9 Å². The van der Waals surface area contributed by atoms with Gasteiger partial charge in [0.15, 0.2) is 0 Å². The summed E-state index contributed by atoms with van der Waals surface area (Å²) in [5.41, 5.74) is 1.16. The molecular weight excluding hydrogens is 260 g/mol. The van der Waals surface area contributed by atoms with Crippen LogP contribution in [-0.4, -0.2) is 31.4 Å². The van der Waals surface area contributed by atoms with Crippen LogP contribution in [0.3, 0.4) is 0 Å². The summed E-state index contributed by atoms with van der Waals surface area (Å²) in [7, 11) is 4.02. The van der Waals surface area contributed by atoms with Gasteiger partial charge in [0.05, 0.1) is 6.04 Å². The molecule has 0 spiro atoms. The second-order valence-electron chi connectivity index (χ2n) is 4.94. The normalized spacial score (nSPS) is 12.5. The van der Waals surface area contributed by atoms with Crippen LogP contribution in [0, 0.1) is 0 Å². The van der Waals surface area contributed by atoms with Crippen LogP contribution in [0.2, 0.25) is 5.02 Å². The van der Waals surface area contributed by atoms with E-state index in [9.17, 15) is 4.79 Å². The van der Waals surface area contributed by atoms with Gasteiger partial charge in [-0.1, -0.05) is 37.1 Å². The van der Waals surface area contributed by atoms with Crippen molar-refractivity contribution in [1.82, 2.24) is 10.2 Å². The third kappa shape index (κ3) is 5.62. The van der Waals surface area contributed by atoms with Crippen molar-refractivity contribution in [1.29, 1.82) is 0 Å². The molecule has 1 unspecified atom stereocenters. The number of halogens is 1. The van der Waals surface area contributed by atoms with Gasteiger partial charge in [-0.3, -0.25) is 4.79 Å². The Kier molecular flexibility index (Phi) is 6.89. The van der Waals surface area contributed by atoms with Crippen LogP contribution in [-0.2, 0) is 4.79 Å². The van der Waals surface area contributed by atoms with Gasteiger partial charge in [0.1, 0.15) is 0 Å². The summed E-state index contributed by atoms with van der Waals surface area (Å²) in [6.45, 7) is 2.71. The monoisotopic (exact) mass is 282 g/mol. The predicted octanol–water partition coefficient (Wildman–Crippen LogP) is 3.25. The number of benzene rings is 1. The van der Waals surface area contributed by atoms with Crippen LogP contribution in [0.4, 0.5) is 0 Å². The van der Waals surface area contributed by atoms with Crippen molar-refractivity contribution >= 4 is 17.5 Å². The number of amides is 1. The Labute approximate surface area is 120 Å². The summed E-state index contributed by atoms with van der Waals surface area (Å²) in [5, 5.41) is 3.73. The molecule has 1 atom stereocenters. The van der Waals surface area contributed by atoms with Gasteiger partial charge in [0.2, 0.25) is 5.91 Å². The van der Waals surface area contributed by atoms with Crippen LogP contribution in [0.15, 0.2) is 24.3 Å². The molecule has 0 saturated heterocycles. The molecule has 0 heterocycles. The maximum absolute atomic E-state index is 11.7. The average molecular weight is 283 g/mol. The fourth-order valence-electron chi connectivity index (χ4n) is 1.92. The number of nitrogens with zero attached hydrogens (tertiary/aromatic N) is 1. The van der Waals surface area contributed by atoms with Crippen molar-refractivity contribution in [2.24, 2.45) is 0 Å². The van der Waals surface area contributed by atoms with E-state index < -0.39 is 0 Å². The SMILES string of the molecule is CCCCC(=O)NCC(c1ccc(Cl)cc1)N(C)C. The Balaban J connectivity index is 2.58. The standard InChI is InChI=1S/C15H23ClN2O/c1-4-5-6-15(19)17-11-14(18(2)3)12-7-9-13(16)10-8-12/h7-10,14H,4-6,11H2,1-3H3,(H,17,19). The topological polar surface area (TPSA) is 32.3 Å². The number of unbranched alkanes of at least 4 members (excludes halogenated alkanes) is 1. The van der Waals surface area contributed by atoms with Crippen molar-refractivity contribution in [2.75, 3.05) is 20.6 Å². The Hall–Kier alpha value is -1.06. The van der Waals surface area contributed by atoms with E-state index in [1.54, 1.807) is 0 Å². The molecule has 0 aliphatic heterocycles. The predicted molar refractivity (Wildman–Crippen MR) is 80.4 cm³/mol. The van der Waals surface area contributed by atoms with Gasteiger partial charge in [-0.2, -0.15) is 0 Å². The number of hydrogen-bond acceptors (Lipinski definition) is 2. The summed E-state index contributed by atoms with van der Waals surface area (Å²) in [6, 6.07) is 7.94. The second kappa shape index (κ2) is 8.18. The number of likely N-dealkylation sites (N-methyl/N-ethyl adjacent to an activating group) is 1. The first kappa shape index (κ1) is 16.0. The van der Waals surface area contributed by atoms with Gasteiger partial charge in [0, 0.05) is 18.0 Å². The minimum atomic E-state index is 0.127. The molecule has 0 radical (unpaired) electrons. The Morgan fingerprint density at radius 1 is 1.32 bits per heavy atom. The van der Waals surface area contributed by atoms with E-state index in [1.807, 2.05) is 38.4 Å². The molecule has 0 fully saturated rings. The summed E-state index contributed by atoms with van der Waals surface area (Å²) in [5.74, 6) is 0.127. The van der Waals surface area contributed by atoms with E-state index in [0.717, 1.165) is 23.4 Å². The highest BCUT2D eigenvalue weighted by atomic mass is 35.5. The lowest BCUT2D eigenvalue weighted by atomic mass is 10.1. The summed E-state index contributed by atoms with van der Waals surface area (Å²) in [6.07, 6.45) is 2.60. The number of carbonyl (C=O) groups is 1. The van der Waals surface area contributed by atoms with Crippen LogP contribution >= 0.6 is 11.6 Å². The number of nitrogens with one attached hydrogen (secondary N) is 1. The van der Waals surface area contributed by atoms with Crippen molar-refractivity contribution in [2.45, 2.75) is 32.2 Å². The molecule has 0 saturated carbocycles. The Morgan fingerprint density at radius 2 is 1.95 bits per heavy atom. The highest BCUT2D eigenvalue weighted by molar-refractivity contribution is 6.30. The molecule has 1 aromatic rings. The van der Waals surface area contributed by atoms with Gasteiger partial charge in [-0.25, -0.2) is 0 Å². The third-order valence-electron chi connectivity index (χ3n) is 3.13. The fraction of sp³-hybridized carbons (Fsp3) is 0.533. The number of hydrogen-bond donors (Lipinski definition) is 1. The fourth-order valence-corrected chi connectivity index (χ4v) is 2.05. The Bertz CT molecular complexity index is 390. The van der Waals surface area contributed by atoms with Crippen molar-refractivity contribution in [3.63, 3.8) is 0 Å². The van der Waals surface area contributed by atoms with E-state index in [0.29, 0.717) is 13.0 Å². The highest BCUT2D eigenvalue weighted by Crippen LogP contribution is 2.19. The zero-order valence-electron chi connectivity index (χ0n) is 11.9. The number of rotatable bonds is 7.